The fraction of sp³-hybridized carbons (Fsp3) is 0.200. The number of hydrogen-bond acceptors (Lipinski definition) is 4. The van der Waals surface area contributed by atoms with Crippen LogP contribution in [0.25, 0.3) is 0 Å². The molecule has 0 fully saturated rings. The van der Waals surface area contributed by atoms with E-state index < -0.39 is 0 Å². The number of non-ortho nitro benzene ring substituents is 1. The molecule has 2 rings (SSSR count). The SMILES string of the molecule is C=CCN1CNc2ccc([N+](=O)[O-])cc21. The predicted molar refractivity (Wildman–Crippen MR) is 59.1 cm³/mol. The van der Waals surface area contributed by atoms with Crippen molar-refractivity contribution in [2.45, 2.75) is 0 Å². The van der Waals surface area contributed by atoms with Crippen LogP contribution in [-0.4, -0.2) is 18.1 Å². The first-order valence-electron chi connectivity index (χ1n) is 4.60. The molecular formula is C10H11N3O2. The van der Waals surface area contributed by atoms with E-state index in [4.69, 9.17) is 0 Å². The first kappa shape index (κ1) is 9.51. The van der Waals surface area contributed by atoms with Crippen LogP contribution >= 0.6 is 0 Å². The van der Waals surface area contributed by atoms with Crippen LogP contribution in [0.1, 0.15) is 0 Å². The fourth-order valence-electron chi connectivity index (χ4n) is 1.63. The van der Waals surface area contributed by atoms with Crippen LogP contribution in [0.5, 0.6) is 0 Å². The number of benzene rings is 1. The minimum atomic E-state index is -0.384. The summed E-state index contributed by atoms with van der Waals surface area (Å²) < 4.78 is 0. The number of nitro groups is 1. The van der Waals surface area contributed by atoms with Crippen molar-refractivity contribution in [1.82, 2.24) is 0 Å². The standard InChI is InChI=1S/C10H11N3O2/c1-2-5-12-7-11-9-4-3-8(13(14)15)6-10(9)12/h2-4,6,11H,1,5,7H2. The Labute approximate surface area is 87.2 Å². The van der Waals surface area contributed by atoms with Crippen LogP contribution in [0.3, 0.4) is 0 Å². The van der Waals surface area contributed by atoms with Gasteiger partial charge in [-0.1, -0.05) is 6.08 Å². The molecule has 0 radical (unpaired) electrons. The normalized spacial score (nSPS) is 13.2. The molecule has 0 spiro atoms. The van der Waals surface area contributed by atoms with Crippen molar-refractivity contribution in [3.05, 3.63) is 41.0 Å². The zero-order valence-electron chi connectivity index (χ0n) is 8.14. The Kier molecular flexibility index (Phi) is 2.29. The van der Waals surface area contributed by atoms with E-state index in [0.29, 0.717) is 13.2 Å². The van der Waals surface area contributed by atoms with Gasteiger partial charge in [-0.3, -0.25) is 10.1 Å². The first-order chi connectivity index (χ1) is 7.22. The molecule has 0 saturated heterocycles. The van der Waals surface area contributed by atoms with Gasteiger partial charge in [0.25, 0.3) is 5.69 Å². The maximum atomic E-state index is 10.6. The van der Waals surface area contributed by atoms with E-state index in [2.05, 4.69) is 11.9 Å². The van der Waals surface area contributed by atoms with Crippen molar-refractivity contribution < 1.29 is 4.92 Å². The zero-order chi connectivity index (χ0) is 10.8. The summed E-state index contributed by atoms with van der Waals surface area (Å²) in [6.07, 6.45) is 1.77. The van der Waals surface area contributed by atoms with Gasteiger partial charge in [0.1, 0.15) is 0 Å². The summed E-state index contributed by atoms with van der Waals surface area (Å²) in [5, 5.41) is 13.8. The molecule has 15 heavy (non-hydrogen) atoms. The highest BCUT2D eigenvalue weighted by atomic mass is 16.6. The van der Waals surface area contributed by atoms with Gasteiger partial charge in [0.05, 0.1) is 23.0 Å². The summed E-state index contributed by atoms with van der Waals surface area (Å²) in [6.45, 7) is 5.00. The second kappa shape index (κ2) is 3.61. The molecule has 1 heterocycles. The fourth-order valence-corrected chi connectivity index (χ4v) is 1.63. The van der Waals surface area contributed by atoms with Gasteiger partial charge in [0, 0.05) is 18.7 Å². The van der Waals surface area contributed by atoms with Gasteiger partial charge in [-0.05, 0) is 6.07 Å². The van der Waals surface area contributed by atoms with E-state index in [1.165, 1.54) is 6.07 Å². The molecule has 1 aliphatic rings. The van der Waals surface area contributed by atoms with Crippen molar-refractivity contribution in [2.75, 3.05) is 23.4 Å². The molecule has 0 atom stereocenters. The van der Waals surface area contributed by atoms with Crippen LogP contribution < -0.4 is 10.2 Å². The molecule has 5 nitrogen and oxygen atoms in total. The van der Waals surface area contributed by atoms with Crippen molar-refractivity contribution in [3.8, 4) is 0 Å². The average Bonchev–Trinajstić information content (AvgIpc) is 2.61. The van der Waals surface area contributed by atoms with Crippen molar-refractivity contribution >= 4 is 17.1 Å². The monoisotopic (exact) mass is 205 g/mol. The Balaban J connectivity index is 2.37. The molecule has 5 heteroatoms. The summed E-state index contributed by atoms with van der Waals surface area (Å²) in [6, 6.07) is 4.82. The highest BCUT2D eigenvalue weighted by Crippen LogP contribution is 2.34. The lowest BCUT2D eigenvalue weighted by Crippen LogP contribution is -2.22. The molecule has 0 bridgehead atoms. The lowest BCUT2D eigenvalue weighted by molar-refractivity contribution is -0.384. The molecule has 0 amide bonds. The van der Waals surface area contributed by atoms with E-state index in [1.54, 1.807) is 18.2 Å². The van der Waals surface area contributed by atoms with E-state index >= 15 is 0 Å². The number of nitro benzene ring substituents is 1. The van der Waals surface area contributed by atoms with E-state index in [0.717, 1.165) is 11.4 Å². The molecular weight excluding hydrogens is 194 g/mol. The second-order valence-electron chi connectivity index (χ2n) is 3.30. The van der Waals surface area contributed by atoms with Crippen molar-refractivity contribution in [2.24, 2.45) is 0 Å². The maximum Gasteiger partial charge on any atom is 0.271 e. The summed E-state index contributed by atoms with van der Waals surface area (Å²) >= 11 is 0. The summed E-state index contributed by atoms with van der Waals surface area (Å²) in [5.74, 6) is 0. The summed E-state index contributed by atoms with van der Waals surface area (Å²) in [5.41, 5.74) is 1.91. The molecule has 78 valence electrons. The zero-order valence-corrected chi connectivity index (χ0v) is 8.14. The molecule has 0 aromatic heterocycles. The Morgan fingerprint density at radius 3 is 3.13 bits per heavy atom. The lowest BCUT2D eigenvalue weighted by atomic mass is 10.2. The molecule has 0 unspecified atom stereocenters. The molecule has 0 saturated carbocycles. The molecule has 1 aliphatic heterocycles. The van der Waals surface area contributed by atoms with Crippen LogP contribution in [0, 0.1) is 10.1 Å². The van der Waals surface area contributed by atoms with Gasteiger partial charge < -0.3 is 10.2 Å². The number of hydrogen-bond donors (Lipinski definition) is 1. The third kappa shape index (κ3) is 1.63. The minimum Gasteiger partial charge on any atom is -0.366 e. The Bertz CT molecular complexity index is 417. The summed E-state index contributed by atoms with van der Waals surface area (Å²) in [4.78, 5) is 12.2. The number of anilines is 2. The number of fused-ring (bicyclic) bond motifs is 1. The molecule has 1 N–H and O–H groups in total. The maximum absolute atomic E-state index is 10.6. The lowest BCUT2D eigenvalue weighted by Gasteiger charge is -2.14. The Hall–Kier alpha value is -2.04. The molecule has 0 aliphatic carbocycles. The molecule has 1 aromatic rings. The highest BCUT2D eigenvalue weighted by Gasteiger charge is 2.20. The van der Waals surface area contributed by atoms with E-state index in [9.17, 15) is 10.1 Å². The average molecular weight is 205 g/mol. The van der Waals surface area contributed by atoms with Crippen LogP contribution in [-0.2, 0) is 0 Å². The predicted octanol–water partition coefficient (Wildman–Crippen LogP) is 1.97. The topological polar surface area (TPSA) is 58.4 Å². The van der Waals surface area contributed by atoms with Gasteiger partial charge in [-0.15, -0.1) is 6.58 Å². The number of nitrogens with zero attached hydrogens (tertiary/aromatic N) is 2. The van der Waals surface area contributed by atoms with E-state index in [1.807, 2.05) is 4.90 Å². The quantitative estimate of drug-likeness (QED) is 0.465. The van der Waals surface area contributed by atoms with E-state index in [-0.39, 0.29) is 10.6 Å². The van der Waals surface area contributed by atoms with Crippen molar-refractivity contribution in [1.29, 1.82) is 0 Å². The highest BCUT2D eigenvalue weighted by molar-refractivity contribution is 5.77. The van der Waals surface area contributed by atoms with Crippen LogP contribution in [0.2, 0.25) is 0 Å². The smallest absolute Gasteiger partial charge is 0.271 e. The van der Waals surface area contributed by atoms with Gasteiger partial charge in [0.15, 0.2) is 0 Å². The minimum absolute atomic E-state index is 0.117. The number of nitrogens with one attached hydrogen (secondary N) is 1. The largest absolute Gasteiger partial charge is 0.366 e. The molecule has 1 aromatic carbocycles. The van der Waals surface area contributed by atoms with Gasteiger partial charge in [-0.25, -0.2) is 0 Å². The van der Waals surface area contributed by atoms with Crippen molar-refractivity contribution in [3.63, 3.8) is 0 Å². The Morgan fingerprint density at radius 2 is 2.47 bits per heavy atom. The first-order valence-corrected chi connectivity index (χ1v) is 4.60. The second-order valence-corrected chi connectivity index (χ2v) is 3.30. The number of rotatable bonds is 3. The summed E-state index contributed by atoms with van der Waals surface area (Å²) in [7, 11) is 0. The van der Waals surface area contributed by atoms with Gasteiger partial charge in [0.2, 0.25) is 0 Å². The van der Waals surface area contributed by atoms with Gasteiger partial charge in [-0.2, -0.15) is 0 Å². The van der Waals surface area contributed by atoms with Crippen LogP contribution in [0.4, 0.5) is 17.1 Å². The van der Waals surface area contributed by atoms with Gasteiger partial charge >= 0.3 is 0 Å². The third-order valence-electron chi connectivity index (χ3n) is 2.34. The third-order valence-corrected chi connectivity index (χ3v) is 2.34. The Morgan fingerprint density at radius 1 is 1.67 bits per heavy atom. The van der Waals surface area contributed by atoms with Crippen LogP contribution in [0.15, 0.2) is 30.9 Å².